The van der Waals surface area contributed by atoms with Crippen molar-refractivity contribution in [2.24, 2.45) is 0 Å². The highest BCUT2D eigenvalue weighted by atomic mass is 15.1. The number of hydrogen-bond donors (Lipinski definition) is 0. The normalized spacial score (nSPS) is 11.3. The van der Waals surface area contributed by atoms with Gasteiger partial charge in [0.05, 0.1) is 22.1 Å². The Hall–Kier alpha value is -16.4. The van der Waals surface area contributed by atoms with Crippen LogP contribution in [0.25, 0.3) is 166 Å². The molecule has 0 radical (unpaired) electrons. The van der Waals surface area contributed by atoms with E-state index in [9.17, 15) is 0 Å². The van der Waals surface area contributed by atoms with E-state index in [1.807, 2.05) is 0 Å². The van der Waals surface area contributed by atoms with Gasteiger partial charge >= 0.3 is 0 Å². The van der Waals surface area contributed by atoms with Crippen molar-refractivity contribution in [3.8, 4) is 123 Å². The van der Waals surface area contributed by atoms with Crippen LogP contribution >= 0.6 is 0 Å². The lowest BCUT2D eigenvalue weighted by Gasteiger charge is -2.26. The average molecular weight is 1610 g/mol. The summed E-state index contributed by atoms with van der Waals surface area (Å²) in [5.41, 5.74) is 40.0. The summed E-state index contributed by atoms with van der Waals surface area (Å²) < 4.78 is 4.84. The van der Waals surface area contributed by atoms with Crippen molar-refractivity contribution >= 4 is 77.7 Å². The van der Waals surface area contributed by atoms with Crippen LogP contribution in [0.15, 0.2) is 497 Å². The Morgan fingerprint density at radius 3 is 0.675 bits per heavy atom. The number of aromatic nitrogens is 2. The van der Waals surface area contributed by atoms with Gasteiger partial charge in [0.15, 0.2) is 0 Å². The third kappa shape index (κ3) is 15.4. The molecule has 0 fully saturated rings. The summed E-state index contributed by atoms with van der Waals surface area (Å²) in [6.45, 7) is 4.35. The molecule has 0 bridgehead atoms. The van der Waals surface area contributed by atoms with Crippen molar-refractivity contribution in [2.75, 3.05) is 9.80 Å². The maximum absolute atomic E-state index is 2.43. The van der Waals surface area contributed by atoms with Crippen LogP contribution in [0.4, 0.5) is 34.1 Å². The molecule has 0 spiro atoms. The van der Waals surface area contributed by atoms with Crippen LogP contribution in [0.3, 0.4) is 0 Å². The number of rotatable bonds is 18. The zero-order valence-corrected chi connectivity index (χ0v) is 70.1. The molecule has 126 heavy (non-hydrogen) atoms. The lowest BCUT2D eigenvalue weighted by Crippen LogP contribution is -2.10. The molecule has 0 saturated carbocycles. The zero-order chi connectivity index (χ0) is 84.2. The number of hydrogen-bond acceptors (Lipinski definition) is 2. The minimum absolute atomic E-state index is 1.08. The van der Waals surface area contributed by atoms with Gasteiger partial charge in [0.25, 0.3) is 0 Å². The molecule has 22 rings (SSSR count). The average Bonchev–Trinajstić information content (AvgIpc) is 1.56. The van der Waals surface area contributed by atoms with Gasteiger partial charge in [-0.05, 0) is 271 Å². The Kier molecular flexibility index (Phi) is 20.9. The zero-order valence-electron chi connectivity index (χ0n) is 70.1. The van der Waals surface area contributed by atoms with Gasteiger partial charge in [-0.2, -0.15) is 0 Å². The van der Waals surface area contributed by atoms with Crippen molar-refractivity contribution in [1.82, 2.24) is 9.13 Å². The van der Waals surface area contributed by atoms with E-state index in [2.05, 4.69) is 530 Å². The molecule has 0 atom stereocenters. The molecule has 20 aromatic carbocycles. The van der Waals surface area contributed by atoms with Gasteiger partial charge in [-0.3, -0.25) is 0 Å². The first-order valence-corrected chi connectivity index (χ1v) is 43.3. The van der Waals surface area contributed by atoms with Crippen molar-refractivity contribution in [3.05, 3.63) is 509 Å². The summed E-state index contributed by atoms with van der Waals surface area (Å²) >= 11 is 0. The van der Waals surface area contributed by atoms with Crippen LogP contribution in [-0.2, 0) is 0 Å². The van der Waals surface area contributed by atoms with E-state index < -0.39 is 0 Å². The highest BCUT2D eigenvalue weighted by Gasteiger charge is 2.22. The second-order valence-electron chi connectivity index (χ2n) is 32.5. The SMILES string of the molecule is Cc1ccc2c(c1)c1cc(C)ccc1n2-c1cccc(-c2cccc(N(c3ccc(-c4ccccc4)cc3)c3ccc(-c4ccccc4-c4ccccc4)cc3)c2)c1.c1ccc(-c2ccc(N(c3ccc(-c4ccccc4-c4ccccc4)cc3)c3cccc(-c4cccc(-n5c6ccc(-c7ccccc7)cc6c6cc(-c7ccccc7)ccc65)c4)c3)cc2)cc1. The second-order valence-corrected chi connectivity index (χ2v) is 32.5. The monoisotopic (exact) mass is 1610 g/mol. The lowest BCUT2D eigenvalue weighted by molar-refractivity contribution is 1.18. The maximum Gasteiger partial charge on any atom is 0.0541 e. The predicted octanol–water partition coefficient (Wildman–Crippen LogP) is 33.8. The van der Waals surface area contributed by atoms with E-state index in [0.717, 1.165) is 62.2 Å². The lowest BCUT2D eigenvalue weighted by atomic mass is 9.94. The van der Waals surface area contributed by atoms with Crippen LogP contribution in [0.5, 0.6) is 0 Å². The summed E-state index contributed by atoms with van der Waals surface area (Å²) in [4.78, 5) is 4.74. The molecule has 0 saturated heterocycles. The smallest absolute Gasteiger partial charge is 0.0541 e. The van der Waals surface area contributed by atoms with E-state index >= 15 is 0 Å². The van der Waals surface area contributed by atoms with Crippen molar-refractivity contribution in [2.45, 2.75) is 13.8 Å². The summed E-state index contributed by atoms with van der Waals surface area (Å²) in [6, 6.07) is 180. The molecule has 596 valence electrons. The van der Waals surface area contributed by atoms with Crippen LogP contribution in [0.2, 0.25) is 0 Å². The first-order chi connectivity index (χ1) is 62.3. The standard InChI is InChI=1S/C66H46N2.C56H42N2/c1-5-17-47(18-6-1)50-31-37-57(38-32-50)67(58-39-33-52(34-40-58)62-30-14-13-29-61(62)51-23-11-4-12-24-51)59-27-15-25-53(43-59)54-26-16-28-60(44-54)68-65-41-35-55(48-19-7-2-8-20-48)45-63(65)64-46-56(36-42-66(64)68)49-21-9-3-10-22-49;1-39-23-33-55-53(35-39)54-36-40(2)24-34-56(54)58(55)50-20-12-18-46(38-50)45-17-11-19-49(37-45)57(47-29-25-42(26-30-47)41-13-5-3-6-14-41)48-31-27-44(28-32-48)52-22-10-9-21-51(52)43-15-7-4-8-16-43/h1-46H;3-38H,1-2H3. The number of nitrogens with zero attached hydrogens (tertiary/aromatic N) is 4. The first kappa shape index (κ1) is 77.0. The third-order valence-electron chi connectivity index (χ3n) is 24.5. The highest BCUT2D eigenvalue weighted by molar-refractivity contribution is 6.12. The van der Waals surface area contributed by atoms with Crippen molar-refractivity contribution in [1.29, 1.82) is 0 Å². The summed E-state index contributed by atoms with van der Waals surface area (Å²) in [5.74, 6) is 0. The van der Waals surface area contributed by atoms with Gasteiger partial charge in [-0.15, -0.1) is 0 Å². The Morgan fingerprint density at radius 2 is 0.357 bits per heavy atom. The Morgan fingerprint density at radius 1 is 0.143 bits per heavy atom. The molecular formula is C122H88N4. The van der Waals surface area contributed by atoms with Crippen LogP contribution < -0.4 is 9.80 Å². The summed E-state index contributed by atoms with van der Waals surface area (Å²) in [5, 5.41) is 5.04. The van der Waals surface area contributed by atoms with Gasteiger partial charge in [0, 0.05) is 67.0 Å². The Bertz CT molecular complexity index is 7500. The van der Waals surface area contributed by atoms with Crippen LogP contribution in [0.1, 0.15) is 11.1 Å². The second kappa shape index (κ2) is 34.3. The summed E-state index contributed by atoms with van der Waals surface area (Å²) in [6.07, 6.45) is 0. The molecule has 2 aromatic heterocycles. The fraction of sp³-hybridized carbons (Fsp3) is 0.0164. The van der Waals surface area contributed by atoms with Gasteiger partial charge in [-0.25, -0.2) is 0 Å². The molecule has 0 aliphatic carbocycles. The van der Waals surface area contributed by atoms with E-state index in [1.165, 1.54) is 149 Å². The van der Waals surface area contributed by atoms with Gasteiger partial charge < -0.3 is 18.9 Å². The quantitative estimate of drug-likeness (QED) is 0.0851. The van der Waals surface area contributed by atoms with E-state index in [-0.39, 0.29) is 0 Å². The topological polar surface area (TPSA) is 16.3 Å². The Balaban J connectivity index is 0.000000156. The number of aryl methyl sites for hydroxylation is 2. The number of fused-ring (bicyclic) bond motifs is 6. The molecule has 4 nitrogen and oxygen atoms in total. The minimum Gasteiger partial charge on any atom is -0.310 e. The van der Waals surface area contributed by atoms with Gasteiger partial charge in [-0.1, -0.05) is 363 Å². The van der Waals surface area contributed by atoms with Crippen LogP contribution in [0, 0.1) is 13.8 Å². The van der Waals surface area contributed by atoms with Crippen molar-refractivity contribution < 1.29 is 0 Å². The molecule has 0 amide bonds. The summed E-state index contributed by atoms with van der Waals surface area (Å²) in [7, 11) is 0. The largest absolute Gasteiger partial charge is 0.310 e. The van der Waals surface area contributed by atoms with E-state index in [1.54, 1.807) is 0 Å². The van der Waals surface area contributed by atoms with Gasteiger partial charge in [0.2, 0.25) is 0 Å². The third-order valence-corrected chi connectivity index (χ3v) is 24.5. The minimum atomic E-state index is 1.08. The maximum atomic E-state index is 2.43. The molecule has 0 aliphatic heterocycles. The molecule has 22 aromatic rings. The van der Waals surface area contributed by atoms with Crippen molar-refractivity contribution in [3.63, 3.8) is 0 Å². The first-order valence-electron chi connectivity index (χ1n) is 43.3. The van der Waals surface area contributed by atoms with Gasteiger partial charge in [0.1, 0.15) is 0 Å². The van der Waals surface area contributed by atoms with E-state index in [4.69, 9.17) is 0 Å². The predicted molar refractivity (Wildman–Crippen MR) is 535 cm³/mol. The highest BCUT2D eigenvalue weighted by Crippen LogP contribution is 2.46. The van der Waals surface area contributed by atoms with Crippen LogP contribution in [-0.4, -0.2) is 9.13 Å². The molecule has 2 heterocycles. The molecule has 4 heteroatoms. The molecule has 0 unspecified atom stereocenters. The van der Waals surface area contributed by atoms with E-state index in [0.29, 0.717) is 0 Å². The molecule has 0 N–H and O–H groups in total. The fourth-order valence-electron chi connectivity index (χ4n) is 18.3. The molecular weight excluding hydrogens is 1520 g/mol. The molecule has 0 aliphatic rings. The number of anilines is 6. The number of benzene rings is 20. The fourth-order valence-corrected chi connectivity index (χ4v) is 18.3. The Labute approximate surface area is 736 Å².